The van der Waals surface area contributed by atoms with Gasteiger partial charge in [0.15, 0.2) is 0 Å². The van der Waals surface area contributed by atoms with Crippen molar-refractivity contribution in [2.75, 3.05) is 19.0 Å². The third kappa shape index (κ3) is 3.00. The molecule has 1 heterocycles. The molecular weight excluding hydrogens is 250 g/mol. The molecule has 2 rings (SSSR count). The van der Waals surface area contributed by atoms with Crippen molar-refractivity contribution in [1.82, 2.24) is 4.98 Å². The molecule has 0 aliphatic heterocycles. The Kier molecular flexibility index (Phi) is 4.09. The van der Waals surface area contributed by atoms with Crippen LogP contribution in [0.2, 0.25) is 0 Å². The van der Waals surface area contributed by atoms with Crippen molar-refractivity contribution in [2.45, 2.75) is 26.4 Å². The van der Waals surface area contributed by atoms with Gasteiger partial charge in [-0.05, 0) is 38.1 Å². The minimum absolute atomic E-state index is 0.140. The highest BCUT2D eigenvalue weighted by Gasteiger charge is 2.09. The van der Waals surface area contributed by atoms with Gasteiger partial charge in [0.25, 0.3) is 0 Å². The number of nitriles is 1. The lowest BCUT2D eigenvalue weighted by Gasteiger charge is -2.17. The van der Waals surface area contributed by atoms with Gasteiger partial charge in [0, 0.05) is 25.2 Å². The number of benzene rings is 1. The average molecular weight is 269 g/mol. The molecule has 1 aromatic carbocycles. The molecule has 0 aliphatic rings. The minimum atomic E-state index is 0.140. The molecule has 2 aromatic rings. The highest BCUT2D eigenvalue weighted by molar-refractivity contribution is 5.92. The summed E-state index contributed by atoms with van der Waals surface area (Å²) in [4.78, 5) is 6.56. The van der Waals surface area contributed by atoms with E-state index in [2.05, 4.69) is 11.1 Å². The van der Waals surface area contributed by atoms with Crippen LogP contribution in [0.4, 0.5) is 5.69 Å². The quantitative estimate of drug-likeness (QED) is 0.855. The van der Waals surface area contributed by atoms with Gasteiger partial charge in [-0.2, -0.15) is 5.26 Å². The first-order valence-corrected chi connectivity index (χ1v) is 6.66. The van der Waals surface area contributed by atoms with Crippen LogP contribution in [-0.4, -0.2) is 25.2 Å². The van der Waals surface area contributed by atoms with Crippen LogP contribution in [0.25, 0.3) is 10.9 Å². The lowest BCUT2D eigenvalue weighted by Crippen LogP contribution is -2.11. The van der Waals surface area contributed by atoms with E-state index in [0.717, 1.165) is 28.0 Å². The fraction of sp³-hybridized carbons (Fsp3) is 0.375. The predicted octanol–water partition coefficient (Wildman–Crippen LogP) is 3.15. The fourth-order valence-corrected chi connectivity index (χ4v) is 2.13. The van der Waals surface area contributed by atoms with E-state index in [4.69, 9.17) is 10.00 Å². The lowest BCUT2D eigenvalue weighted by atomic mass is 10.1. The molecule has 0 atom stereocenters. The average Bonchev–Trinajstić information content (AvgIpc) is 2.37. The number of pyridine rings is 1. The summed E-state index contributed by atoms with van der Waals surface area (Å²) < 4.78 is 5.74. The summed E-state index contributed by atoms with van der Waals surface area (Å²) in [5.74, 6) is 0.838. The highest BCUT2D eigenvalue weighted by Crippen LogP contribution is 2.29. The molecule has 0 fully saturated rings. The van der Waals surface area contributed by atoms with Crippen molar-refractivity contribution in [2.24, 2.45) is 0 Å². The number of aromatic nitrogens is 1. The summed E-state index contributed by atoms with van der Waals surface area (Å²) >= 11 is 0. The first-order chi connectivity index (χ1) is 9.51. The fourth-order valence-electron chi connectivity index (χ4n) is 2.13. The Morgan fingerprint density at radius 1 is 1.30 bits per heavy atom. The number of ether oxygens (including phenoxy) is 1. The van der Waals surface area contributed by atoms with Crippen LogP contribution in [0.1, 0.15) is 19.5 Å². The Bertz CT molecular complexity index is 657. The van der Waals surface area contributed by atoms with E-state index in [1.54, 1.807) is 0 Å². The summed E-state index contributed by atoms with van der Waals surface area (Å²) in [6.45, 7) is 4.01. The number of hydrogen-bond donors (Lipinski definition) is 0. The predicted molar refractivity (Wildman–Crippen MR) is 81.2 cm³/mol. The minimum Gasteiger partial charge on any atom is -0.491 e. The molecule has 0 aliphatic carbocycles. The number of hydrogen-bond acceptors (Lipinski definition) is 4. The molecule has 0 saturated heterocycles. The van der Waals surface area contributed by atoms with Gasteiger partial charge in [-0.1, -0.05) is 0 Å². The Labute approximate surface area is 119 Å². The first-order valence-electron chi connectivity index (χ1n) is 6.66. The molecule has 0 amide bonds. The number of nitrogens with zero attached hydrogens (tertiary/aromatic N) is 3. The maximum absolute atomic E-state index is 8.84. The van der Waals surface area contributed by atoms with Gasteiger partial charge in [-0.3, -0.25) is 4.98 Å². The van der Waals surface area contributed by atoms with E-state index >= 15 is 0 Å². The van der Waals surface area contributed by atoms with Crippen LogP contribution < -0.4 is 9.64 Å². The van der Waals surface area contributed by atoms with Crippen molar-refractivity contribution in [3.05, 3.63) is 30.0 Å². The monoisotopic (exact) mass is 269 g/mol. The SMILES string of the molecule is CC(C)Oc1ccc2nc(CC#N)cc(N(C)C)c2c1. The smallest absolute Gasteiger partial charge is 0.120 e. The van der Waals surface area contributed by atoms with Crippen molar-refractivity contribution in [3.63, 3.8) is 0 Å². The van der Waals surface area contributed by atoms with Crippen molar-refractivity contribution >= 4 is 16.6 Å². The van der Waals surface area contributed by atoms with Gasteiger partial charge in [0.1, 0.15) is 5.75 Å². The second-order valence-corrected chi connectivity index (χ2v) is 5.21. The molecule has 4 nitrogen and oxygen atoms in total. The molecule has 0 radical (unpaired) electrons. The lowest BCUT2D eigenvalue weighted by molar-refractivity contribution is 0.243. The van der Waals surface area contributed by atoms with E-state index in [1.165, 1.54) is 0 Å². The van der Waals surface area contributed by atoms with Crippen molar-refractivity contribution in [3.8, 4) is 11.8 Å². The third-order valence-corrected chi connectivity index (χ3v) is 2.93. The summed E-state index contributed by atoms with van der Waals surface area (Å²) in [6, 6.07) is 9.98. The maximum atomic E-state index is 8.84. The molecule has 1 aromatic heterocycles. The largest absolute Gasteiger partial charge is 0.491 e. The van der Waals surface area contributed by atoms with Crippen LogP contribution >= 0.6 is 0 Å². The normalized spacial score (nSPS) is 10.6. The Morgan fingerprint density at radius 3 is 2.65 bits per heavy atom. The van der Waals surface area contributed by atoms with Gasteiger partial charge >= 0.3 is 0 Å². The van der Waals surface area contributed by atoms with E-state index in [9.17, 15) is 0 Å². The first kappa shape index (κ1) is 14.1. The van der Waals surface area contributed by atoms with E-state index in [-0.39, 0.29) is 6.10 Å². The van der Waals surface area contributed by atoms with Gasteiger partial charge < -0.3 is 9.64 Å². The molecule has 20 heavy (non-hydrogen) atoms. The molecular formula is C16H19N3O. The number of anilines is 1. The summed E-state index contributed by atoms with van der Waals surface area (Å²) in [5, 5.41) is 9.88. The molecule has 0 bridgehead atoms. The van der Waals surface area contributed by atoms with Gasteiger partial charge in [-0.25, -0.2) is 0 Å². The zero-order valence-corrected chi connectivity index (χ0v) is 12.3. The van der Waals surface area contributed by atoms with Gasteiger partial charge in [0.05, 0.1) is 29.8 Å². The standard InChI is InChI=1S/C16H19N3O/c1-11(2)20-13-5-6-15-14(10-13)16(19(3)4)9-12(18-15)7-8-17/h5-6,9-11H,7H2,1-4H3. The summed E-state index contributed by atoms with van der Waals surface area (Å²) in [5.41, 5.74) is 2.73. The Balaban J connectivity index is 2.58. The van der Waals surface area contributed by atoms with Crippen LogP contribution in [0.3, 0.4) is 0 Å². The van der Waals surface area contributed by atoms with Gasteiger partial charge in [-0.15, -0.1) is 0 Å². The second-order valence-electron chi connectivity index (χ2n) is 5.21. The maximum Gasteiger partial charge on any atom is 0.120 e. The molecule has 4 heteroatoms. The molecule has 0 N–H and O–H groups in total. The molecule has 104 valence electrons. The molecule has 0 spiro atoms. The third-order valence-electron chi connectivity index (χ3n) is 2.93. The van der Waals surface area contributed by atoms with E-state index < -0.39 is 0 Å². The summed E-state index contributed by atoms with van der Waals surface area (Å²) in [6.07, 6.45) is 0.460. The Hall–Kier alpha value is -2.28. The van der Waals surface area contributed by atoms with Crippen LogP contribution in [0, 0.1) is 11.3 Å². The van der Waals surface area contributed by atoms with Crippen LogP contribution in [-0.2, 0) is 6.42 Å². The van der Waals surface area contributed by atoms with Gasteiger partial charge in [0.2, 0.25) is 0 Å². The van der Waals surface area contributed by atoms with Crippen molar-refractivity contribution in [1.29, 1.82) is 5.26 Å². The highest BCUT2D eigenvalue weighted by atomic mass is 16.5. The van der Waals surface area contributed by atoms with Crippen LogP contribution in [0.5, 0.6) is 5.75 Å². The number of rotatable bonds is 4. The zero-order chi connectivity index (χ0) is 14.7. The second kappa shape index (κ2) is 5.79. The molecule has 0 saturated carbocycles. The van der Waals surface area contributed by atoms with Crippen molar-refractivity contribution < 1.29 is 4.74 Å². The Morgan fingerprint density at radius 2 is 2.05 bits per heavy atom. The topological polar surface area (TPSA) is 49.1 Å². The zero-order valence-electron chi connectivity index (χ0n) is 12.3. The van der Waals surface area contributed by atoms with E-state index in [0.29, 0.717) is 6.42 Å². The van der Waals surface area contributed by atoms with Crippen LogP contribution in [0.15, 0.2) is 24.3 Å². The molecule has 0 unspecified atom stereocenters. The number of fused-ring (bicyclic) bond motifs is 1. The van der Waals surface area contributed by atoms with E-state index in [1.807, 2.05) is 57.1 Å². The summed E-state index contributed by atoms with van der Waals surface area (Å²) in [7, 11) is 3.97.